The minimum Gasteiger partial charge on any atom is -0.338 e. The SMILES string of the molecule is CC1CC(=O)N(Cc2ccnn3c(-c4ccccc4)nnc23)C1. The van der Waals surface area contributed by atoms with E-state index in [1.165, 1.54) is 0 Å². The third kappa shape index (κ3) is 2.46. The zero-order chi connectivity index (χ0) is 15.8. The van der Waals surface area contributed by atoms with Crippen LogP contribution in [0.3, 0.4) is 0 Å². The van der Waals surface area contributed by atoms with E-state index in [9.17, 15) is 4.79 Å². The summed E-state index contributed by atoms with van der Waals surface area (Å²) >= 11 is 0. The molecule has 0 saturated carbocycles. The molecule has 1 amide bonds. The Bertz CT molecular complexity index is 858. The van der Waals surface area contributed by atoms with E-state index in [1.54, 1.807) is 10.7 Å². The first-order valence-electron chi connectivity index (χ1n) is 7.75. The molecule has 3 aromatic rings. The van der Waals surface area contributed by atoms with Gasteiger partial charge in [-0.15, -0.1) is 10.2 Å². The van der Waals surface area contributed by atoms with Crippen LogP contribution in [-0.4, -0.2) is 37.2 Å². The van der Waals surface area contributed by atoms with Crippen LogP contribution < -0.4 is 0 Å². The van der Waals surface area contributed by atoms with Gasteiger partial charge in [-0.2, -0.15) is 9.61 Å². The largest absolute Gasteiger partial charge is 0.338 e. The van der Waals surface area contributed by atoms with Crippen molar-refractivity contribution in [1.29, 1.82) is 0 Å². The van der Waals surface area contributed by atoms with Crippen LogP contribution in [0.15, 0.2) is 42.6 Å². The Labute approximate surface area is 133 Å². The smallest absolute Gasteiger partial charge is 0.223 e. The molecule has 1 unspecified atom stereocenters. The number of rotatable bonds is 3. The normalized spacial score (nSPS) is 18.0. The van der Waals surface area contributed by atoms with Crippen LogP contribution >= 0.6 is 0 Å². The monoisotopic (exact) mass is 307 g/mol. The van der Waals surface area contributed by atoms with Gasteiger partial charge in [-0.1, -0.05) is 37.3 Å². The first-order chi connectivity index (χ1) is 11.2. The van der Waals surface area contributed by atoms with Crippen LogP contribution in [-0.2, 0) is 11.3 Å². The number of likely N-dealkylation sites (tertiary alicyclic amines) is 1. The summed E-state index contributed by atoms with van der Waals surface area (Å²) in [5, 5.41) is 13.0. The highest BCUT2D eigenvalue weighted by molar-refractivity contribution is 5.78. The molecule has 6 nitrogen and oxygen atoms in total. The Kier molecular flexibility index (Phi) is 3.29. The van der Waals surface area contributed by atoms with Crippen molar-refractivity contribution in [3.8, 4) is 11.4 Å². The summed E-state index contributed by atoms with van der Waals surface area (Å²) in [6.07, 6.45) is 2.37. The Morgan fingerprint density at radius 1 is 1.17 bits per heavy atom. The Morgan fingerprint density at radius 3 is 2.74 bits per heavy atom. The van der Waals surface area contributed by atoms with E-state index in [-0.39, 0.29) is 5.91 Å². The van der Waals surface area contributed by atoms with Crippen LogP contribution in [0.2, 0.25) is 0 Å². The Balaban J connectivity index is 1.72. The van der Waals surface area contributed by atoms with Crippen LogP contribution in [0.5, 0.6) is 0 Å². The van der Waals surface area contributed by atoms with E-state index in [0.717, 1.165) is 17.7 Å². The van der Waals surface area contributed by atoms with Gasteiger partial charge in [0.2, 0.25) is 5.91 Å². The second-order valence-corrected chi connectivity index (χ2v) is 6.07. The maximum absolute atomic E-state index is 12.0. The van der Waals surface area contributed by atoms with Gasteiger partial charge in [0, 0.05) is 36.8 Å². The number of hydrogen-bond acceptors (Lipinski definition) is 4. The van der Waals surface area contributed by atoms with Crippen molar-refractivity contribution < 1.29 is 4.79 Å². The molecule has 1 fully saturated rings. The highest BCUT2D eigenvalue weighted by Crippen LogP contribution is 2.22. The lowest BCUT2D eigenvalue weighted by Gasteiger charge is -2.16. The molecule has 23 heavy (non-hydrogen) atoms. The average molecular weight is 307 g/mol. The number of aromatic nitrogens is 4. The van der Waals surface area contributed by atoms with Gasteiger partial charge in [0.05, 0.1) is 0 Å². The average Bonchev–Trinajstić information content (AvgIpc) is 3.12. The maximum Gasteiger partial charge on any atom is 0.223 e. The van der Waals surface area contributed by atoms with Crippen molar-refractivity contribution >= 4 is 11.6 Å². The minimum atomic E-state index is 0.204. The number of fused-ring (bicyclic) bond motifs is 1. The molecule has 1 aliphatic rings. The van der Waals surface area contributed by atoms with E-state index in [2.05, 4.69) is 22.2 Å². The van der Waals surface area contributed by atoms with Gasteiger partial charge in [-0.05, 0) is 12.0 Å². The topological polar surface area (TPSA) is 63.4 Å². The van der Waals surface area contributed by atoms with E-state index in [1.807, 2.05) is 41.3 Å². The molecule has 1 aliphatic heterocycles. The van der Waals surface area contributed by atoms with E-state index in [4.69, 9.17) is 0 Å². The molecule has 3 heterocycles. The van der Waals surface area contributed by atoms with Gasteiger partial charge in [0.1, 0.15) is 0 Å². The van der Waals surface area contributed by atoms with Crippen LogP contribution in [0, 0.1) is 5.92 Å². The summed E-state index contributed by atoms with van der Waals surface area (Å²) in [6.45, 7) is 3.46. The number of carbonyl (C=O) groups excluding carboxylic acids is 1. The quantitative estimate of drug-likeness (QED) is 0.744. The summed E-state index contributed by atoms with van der Waals surface area (Å²) < 4.78 is 1.74. The van der Waals surface area contributed by atoms with Crippen LogP contribution in [0.25, 0.3) is 17.0 Å². The molecule has 0 aliphatic carbocycles. The molecule has 1 atom stereocenters. The third-order valence-electron chi connectivity index (χ3n) is 4.19. The van der Waals surface area contributed by atoms with Gasteiger partial charge < -0.3 is 4.90 Å². The van der Waals surface area contributed by atoms with Gasteiger partial charge >= 0.3 is 0 Å². The fraction of sp³-hybridized carbons (Fsp3) is 0.294. The fourth-order valence-corrected chi connectivity index (χ4v) is 3.07. The summed E-state index contributed by atoms with van der Waals surface area (Å²) in [4.78, 5) is 13.9. The lowest BCUT2D eigenvalue weighted by atomic mass is 10.2. The lowest BCUT2D eigenvalue weighted by Crippen LogP contribution is -2.24. The summed E-state index contributed by atoms with van der Waals surface area (Å²) in [5.74, 6) is 1.33. The highest BCUT2D eigenvalue weighted by Gasteiger charge is 2.27. The fourth-order valence-electron chi connectivity index (χ4n) is 3.07. The summed E-state index contributed by atoms with van der Waals surface area (Å²) in [5.41, 5.74) is 2.64. The number of hydrogen-bond donors (Lipinski definition) is 0. The molecular weight excluding hydrogens is 290 g/mol. The standard InChI is InChI=1S/C17H17N5O/c1-12-9-15(23)21(10-12)11-14-7-8-18-22-16(19-20-17(14)22)13-5-3-2-4-6-13/h2-8,12H,9-11H2,1H3. The van der Waals surface area contributed by atoms with Crippen molar-refractivity contribution in [2.75, 3.05) is 6.54 Å². The second kappa shape index (κ2) is 5.46. The summed E-state index contributed by atoms with van der Waals surface area (Å²) in [6, 6.07) is 11.8. The molecule has 6 heteroatoms. The third-order valence-corrected chi connectivity index (χ3v) is 4.19. The molecule has 0 radical (unpaired) electrons. The molecule has 2 aromatic heterocycles. The molecule has 0 bridgehead atoms. The maximum atomic E-state index is 12.0. The number of nitrogens with zero attached hydrogens (tertiary/aromatic N) is 5. The van der Waals surface area contributed by atoms with E-state index < -0.39 is 0 Å². The van der Waals surface area contributed by atoms with Crippen LogP contribution in [0.4, 0.5) is 0 Å². The van der Waals surface area contributed by atoms with Crippen molar-refractivity contribution in [3.05, 3.63) is 48.2 Å². The zero-order valence-corrected chi connectivity index (χ0v) is 12.9. The summed E-state index contributed by atoms with van der Waals surface area (Å²) in [7, 11) is 0. The predicted octanol–water partition coefficient (Wildman–Crippen LogP) is 2.16. The minimum absolute atomic E-state index is 0.204. The van der Waals surface area contributed by atoms with Crippen molar-refractivity contribution in [1.82, 2.24) is 24.7 Å². The molecule has 116 valence electrons. The molecule has 1 saturated heterocycles. The van der Waals surface area contributed by atoms with Crippen molar-refractivity contribution in [2.45, 2.75) is 19.9 Å². The molecular formula is C17H17N5O. The Morgan fingerprint density at radius 2 is 2.00 bits per heavy atom. The van der Waals surface area contributed by atoms with Gasteiger partial charge in [0.25, 0.3) is 0 Å². The molecule has 0 spiro atoms. The van der Waals surface area contributed by atoms with Crippen molar-refractivity contribution in [3.63, 3.8) is 0 Å². The molecule has 1 aromatic carbocycles. The van der Waals surface area contributed by atoms with Gasteiger partial charge in [-0.25, -0.2) is 0 Å². The number of carbonyl (C=O) groups is 1. The molecule has 4 rings (SSSR count). The van der Waals surface area contributed by atoms with Gasteiger partial charge in [-0.3, -0.25) is 4.79 Å². The van der Waals surface area contributed by atoms with Crippen LogP contribution in [0.1, 0.15) is 18.9 Å². The number of benzene rings is 1. The number of amides is 1. The highest BCUT2D eigenvalue weighted by atomic mass is 16.2. The first-order valence-corrected chi connectivity index (χ1v) is 7.75. The Hall–Kier alpha value is -2.76. The second-order valence-electron chi connectivity index (χ2n) is 6.07. The van der Waals surface area contributed by atoms with E-state index >= 15 is 0 Å². The van der Waals surface area contributed by atoms with Gasteiger partial charge in [0.15, 0.2) is 11.5 Å². The lowest BCUT2D eigenvalue weighted by molar-refractivity contribution is -0.128. The first kappa shape index (κ1) is 13.9. The van der Waals surface area contributed by atoms with Crippen molar-refractivity contribution in [2.24, 2.45) is 5.92 Å². The van der Waals surface area contributed by atoms with E-state index in [0.29, 0.717) is 30.4 Å². The zero-order valence-electron chi connectivity index (χ0n) is 12.9. The predicted molar refractivity (Wildman–Crippen MR) is 85.4 cm³/mol. The molecule has 0 N–H and O–H groups in total.